The number of rotatable bonds is 4. The number of aromatic hydroxyl groups is 1. The minimum absolute atomic E-state index is 0.0220. The second-order valence-electron chi connectivity index (χ2n) is 6.23. The third-order valence-electron chi connectivity index (χ3n) is 4.49. The van der Waals surface area contributed by atoms with Crippen molar-refractivity contribution < 1.29 is 5.11 Å². The maximum Gasteiger partial charge on any atom is 0.238 e. The number of nitrogens with zero attached hydrogens (tertiary/aromatic N) is 1. The van der Waals surface area contributed by atoms with E-state index in [2.05, 4.69) is 40.5 Å². The molecule has 0 aliphatic carbocycles. The van der Waals surface area contributed by atoms with Crippen molar-refractivity contribution >= 4 is 10.9 Å². The smallest absolute Gasteiger partial charge is 0.238 e. The molecular weight excluding hydrogens is 310 g/mol. The molecule has 4 N–H and O–H groups in total. The van der Waals surface area contributed by atoms with Crippen LogP contribution in [0.4, 0.5) is 0 Å². The number of benzene rings is 3. The zero-order valence-corrected chi connectivity index (χ0v) is 13.7. The maximum absolute atomic E-state index is 9.83. The Labute approximate surface area is 145 Å². The monoisotopic (exact) mass is 329 g/mol. The van der Waals surface area contributed by atoms with Gasteiger partial charge >= 0.3 is 0 Å². The molecule has 0 spiro atoms. The van der Waals surface area contributed by atoms with Crippen molar-refractivity contribution in [2.24, 2.45) is 5.73 Å². The van der Waals surface area contributed by atoms with Gasteiger partial charge in [-0.05, 0) is 46.9 Å². The van der Waals surface area contributed by atoms with Crippen LogP contribution in [-0.4, -0.2) is 15.3 Å². The van der Waals surface area contributed by atoms with E-state index in [1.165, 1.54) is 5.56 Å². The Hall–Kier alpha value is -3.11. The van der Waals surface area contributed by atoms with Crippen LogP contribution in [0.3, 0.4) is 0 Å². The summed E-state index contributed by atoms with van der Waals surface area (Å²) >= 11 is 0. The Morgan fingerprint density at radius 3 is 2.56 bits per heavy atom. The Morgan fingerprint density at radius 2 is 1.72 bits per heavy atom. The van der Waals surface area contributed by atoms with Crippen LogP contribution in [0.25, 0.3) is 22.0 Å². The van der Waals surface area contributed by atoms with Gasteiger partial charge in [0.15, 0.2) is 0 Å². The standard InChI is InChI=1S/C21H19N3O/c22-19(11-14-5-2-1-3-6-14)17-8-4-7-15(12-17)16-9-10-20-18(13-16)21(25)24-23-20/h1-10,12-13,19H,11,22H2,(H2,23,24,25)/t19-/m0/s1. The first-order valence-corrected chi connectivity index (χ1v) is 8.27. The summed E-state index contributed by atoms with van der Waals surface area (Å²) in [7, 11) is 0. The van der Waals surface area contributed by atoms with Crippen LogP contribution in [0.1, 0.15) is 17.2 Å². The number of aromatic amines is 1. The van der Waals surface area contributed by atoms with Gasteiger partial charge in [-0.25, -0.2) is 0 Å². The van der Waals surface area contributed by atoms with Crippen molar-refractivity contribution in [1.82, 2.24) is 10.2 Å². The van der Waals surface area contributed by atoms with E-state index in [0.717, 1.165) is 34.0 Å². The van der Waals surface area contributed by atoms with Crippen molar-refractivity contribution in [1.29, 1.82) is 0 Å². The van der Waals surface area contributed by atoms with E-state index in [4.69, 9.17) is 5.73 Å². The number of hydrogen-bond acceptors (Lipinski definition) is 3. The first-order valence-electron chi connectivity index (χ1n) is 8.27. The van der Waals surface area contributed by atoms with Gasteiger partial charge in [0, 0.05) is 6.04 Å². The highest BCUT2D eigenvalue weighted by Crippen LogP contribution is 2.29. The van der Waals surface area contributed by atoms with Crippen molar-refractivity contribution in [3.63, 3.8) is 0 Å². The summed E-state index contributed by atoms with van der Waals surface area (Å²) in [6.45, 7) is 0. The molecule has 1 aromatic heterocycles. The first-order chi connectivity index (χ1) is 12.2. The second-order valence-corrected chi connectivity index (χ2v) is 6.23. The summed E-state index contributed by atoms with van der Waals surface area (Å²) < 4.78 is 0. The molecule has 0 aliphatic heterocycles. The lowest BCUT2D eigenvalue weighted by atomic mass is 9.95. The van der Waals surface area contributed by atoms with Crippen molar-refractivity contribution in [2.75, 3.05) is 0 Å². The highest BCUT2D eigenvalue weighted by molar-refractivity contribution is 5.88. The Balaban J connectivity index is 1.65. The van der Waals surface area contributed by atoms with Gasteiger partial charge in [0.2, 0.25) is 5.88 Å². The minimum atomic E-state index is -0.0617. The van der Waals surface area contributed by atoms with Gasteiger partial charge in [0.25, 0.3) is 0 Å². The molecule has 4 rings (SSSR count). The first kappa shape index (κ1) is 15.4. The average molecular weight is 329 g/mol. The highest BCUT2D eigenvalue weighted by Gasteiger charge is 2.10. The van der Waals surface area contributed by atoms with Gasteiger partial charge in [-0.2, -0.15) is 0 Å². The van der Waals surface area contributed by atoms with E-state index in [-0.39, 0.29) is 11.9 Å². The van der Waals surface area contributed by atoms with Crippen LogP contribution in [0.5, 0.6) is 5.88 Å². The van der Waals surface area contributed by atoms with Gasteiger partial charge in [0.1, 0.15) is 0 Å². The molecule has 0 radical (unpaired) electrons. The van der Waals surface area contributed by atoms with E-state index in [1.54, 1.807) is 0 Å². The lowest BCUT2D eigenvalue weighted by Gasteiger charge is -2.14. The Bertz CT molecular complexity index is 1010. The summed E-state index contributed by atoms with van der Waals surface area (Å²) in [5, 5.41) is 17.2. The van der Waals surface area contributed by atoms with Gasteiger partial charge in [-0.1, -0.05) is 54.6 Å². The zero-order valence-electron chi connectivity index (χ0n) is 13.7. The SMILES string of the molecule is N[C@@H](Cc1ccccc1)c1cccc(-c2ccc3[nH]nc(O)c3c2)c1. The average Bonchev–Trinajstić information content (AvgIpc) is 3.03. The van der Waals surface area contributed by atoms with Crippen LogP contribution in [0.2, 0.25) is 0 Å². The molecule has 0 bridgehead atoms. The van der Waals surface area contributed by atoms with Crippen LogP contribution < -0.4 is 5.73 Å². The molecule has 0 saturated heterocycles. The molecule has 4 nitrogen and oxygen atoms in total. The van der Waals surface area contributed by atoms with Crippen LogP contribution in [0, 0.1) is 0 Å². The fraction of sp³-hybridized carbons (Fsp3) is 0.0952. The lowest BCUT2D eigenvalue weighted by molar-refractivity contribution is 0.457. The van der Waals surface area contributed by atoms with E-state index in [9.17, 15) is 5.11 Å². The lowest BCUT2D eigenvalue weighted by Crippen LogP contribution is -2.13. The topological polar surface area (TPSA) is 74.9 Å². The molecule has 0 fully saturated rings. The van der Waals surface area contributed by atoms with Gasteiger partial charge < -0.3 is 10.8 Å². The highest BCUT2D eigenvalue weighted by atomic mass is 16.3. The fourth-order valence-corrected chi connectivity index (χ4v) is 3.11. The quantitative estimate of drug-likeness (QED) is 0.526. The molecule has 1 heterocycles. The largest absolute Gasteiger partial charge is 0.492 e. The molecule has 0 unspecified atom stereocenters. The molecule has 4 heteroatoms. The second kappa shape index (κ2) is 6.42. The van der Waals surface area contributed by atoms with Gasteiger partial charge in [-0.3, -0.25) is 5.10 Å². The third kappa shape index (κ3) is 3.12. The molecule has 0 saturated carbocycles. The van der Waals surface area contributed by atoms with Crippen molar-refractivity contribution in [3.05, 3.63) is 83.9 Å². The molecule has 4 aromatic rings. The molecule has 0 amide bonds. The molecule has 1 atom stereocenters. The Morgan fingerprint density at radius 1 is 0.920 bits per heavy atom. The molecule has 124 valence electrons. The van der Waals surface area contributed by atoms with Crippen molar-refractivity contribution in [2.45, 2.75) is 12.5 Å². The van der Waals surface area contributed by atoms with Gasteiger partial charge in [-0.15, -0.1) is 5.10 Å². The number of fused-ring (bicyclic) bond motifs is 1. The van der Waals surface area contributed by atoms with Crippen LogP contribution in [0.15, 0.2) is 72.8 Å². The fourth-order valence-electron chi connectivity index (χ4n) is 3.11. The van der Waals surface area contributed by atoms with Crippen molar-refractivity contribution in [3.8, 4) is 17.0 Å². The normalized spacial score (nSPS) is 12.4. The number of hydrogen-bond donors (Lipinski definition) is 3. The van der Waals surface area contributed by atoms with Gasteiger partial charge in [0.05, 0.1) is 10.9 Å². The molecule has 0 aliphatic rings. The number of H-pyrrole nitrogens is 1. The molecule has 3 aromatic carbocycles. The van der Waals surface area contributed by atoms with E-state index in [0.29, 0.717) is 0 Å². The predicted molar refractivity (Wildman–Crippen MR) is 100 cm³/mol. The zero-order chi connectivity index (χ0) is 17.2. The number of nitrogens with two attached hydrogens (primary N) is 1. The number of nitrogens with one attached hydrogen (secondary N) is 1. The summed E-state index contributed by atoms with van der Waals surface area (Å²) in [4.78, 5) is 0. The Kier molecular flexibility index (Phi) is 3.96. The van der Waals surface area contributed by atoms with E-state index >= 15 is 0 Å². The number of aromatic nitrogens is 2. The summed E-state index contributed by atoms with van der Waals surface area (Å²) in [5.74, 6) is 0.0220. The predicted octanol–water partition coefficient (Wildman–Crippen LogP) is 4.18. The summed E-state index contributed by atoms with van der Waals surface area (Å²) in [5.41, 5.74) is 11.7. The van der Waals surface area contributed by atoms with E-state index < -0.39 is 0 Å². The summed E-state index contributed by atoms with van der Waals surface area (Å²) in [6, 6.07) is 24.3. The molecule has 25 heavy (non-hydrogen) atoms. The van der Waals surface area contributed by atoms with E-state index in [1.807, 2.05) is 42.5 Å². The molecular formula is C21H19N3O. The van der Waals surface area contributed by atoms with Crippen LogP contribution in [-0.2, 0) is 6.42 Å². The minimum Gasteiger partial charge on any atom is -0.492 e. The summed E-state index contributed by atoms with van der Waals surface area (Å²) in [6.07, 6.45) is 0.797. The third-order valence-corrected chi connectivity index (χ3v) is 4.49. The maximum atomic E-state index is 9.83. The van der Waals surface area contributed by atoms with Crippen LogP contribution >= 0.6 is 0 Å².